The van der Waals surface area contributed by atoms with Crippen LogP contribution in [0, 0.1) is 11.8 Å². The normalized spacial score (nSPS) is 26.6. The van der Waals surface area contributed by atoms with Crippen LogP contribution in [0.3, 0.4) is 0 Å². The lowest BCUT2D eigenvalue weighted by Gasteiger charge is -2.28. The second kappa shape index (κ2) is 7.07. The minimum atomic E-state index is 0.784. The van der Waals surface area contributed by atoms with Crippen LogP contribution in [0.25, 0.3) is 0 Å². The van der Waals surface area contributed by atoms with E-state index >= 15 is 0 Å². The minimum Gasteiger partial charge on any atom is -0.378 e. The molecule has 1 aliphatic carbocycles. The van der Waals surface area contributed by atoms with Gasteiger partial charge >= 0.3 is 0 Å². The van der Waals surface area contributed by atoms with E-state index < -0.39 is 0 Å². The van der Waals surface area contributed by atoms with Crippen LogP contribution in [0.2, 0.25) is 0 Å². The quantitative estimate of drug-likeness (QED) is 0.923. The van der Waals surface area contributed by atoms with Crippen LogP contribution in [-0.2, 0) is 4.74 Å². The molecule has 0 aromatic carbocycles. The number of ether oxygens (including phenoxy) is 1. The number of aromatic nitrogens is 2. The SMILES string of the molecule is CC1CCCC(CNc2cc(N3CCOCC3)ncn2)C1. The van der Waals surface area contributed by atoms with Crippen molar-refractivity contribution in [3.05, 3.63) is 12.4 Å². The van der Waals surface area contributed by atoms with Gasteiger partial charge in [-0.2, -0.15) is 0 Å². The molecular formula is C16H26N4O. The number of anilines is 2. The highest BCUT2D eigenvalue weighted by atomic mass is 16.5. The third-order valence-corrected chi connectivity index (χ3v) is 4.60. The lowest BCUT2D eigenvalue weighted by molar-refractivity contribution is 0.122. The molecule has 2 heterocycles. The topological polar surface area (TPSA) is 50.3 Å². The van der Waals surface area contributed by atoms with Crippen LogP contribution < -0.4 is 10.2 Å². The molecule has 1 aromatic heterocycles. The molecule has 0 amide bonds. The highest BCUT2D eigenvalue weighted by molar-refractivity contribution is 5.48. The summed E-state index contributed by atoms with van der Waals surface area (Å²) in [7, 11) is 0. The monoisotopic (exact) mass is 290 g/mol. The first-order chi connectivity index (χ1) is 10.3. The minimum absolute atomic E-state index is 0.784. The van der Waals surface area contributed by atoms with Crippen molar-refractivity contribution in [3.63, 3.8) is 0 Å². The summed E-state index contributed by atoms with van der Waals surface area (Å²) in [6.45, 7) is 6.80. The summed E-state index contributed by atoms with van der Waals surface area (Å²) < 4.78 is 5.39. The maximum absolute atomic E-state index is 5.39. The fourth-order valence-electron chi connectivity index (χ4n) is 3.40. The third-order valence-electron chi connectivity index (χ3n) is 4.60. The molecule has 0 radical (unpaired) electrons. The molecular weight excluding hydrogens is 264 g/mol. The lowest BCUT2D eigenvalue weighted by Crippen LogP contribution is -2.36. The molecule has 5 heteroatoms. The first kappa shape index (κ1) is 14.6. The largest absolute Gasteiger partial charge is 0.378 e. The Balaban J connectivity index is 1.55. The molecule has 0 spiro atoms. The predicted molar refractivity (Wildman–Crippen MR) is 84.7 cm³/mol. The van der Waals surface area contributed by atoms with Crippen LogP contribution >= 0.6 is 0 Å². The summed E-state index contributed by atoms with van der Waals surface area (Å²) in [6, 6.07) is 2.07. The zero-order valence-corrected chi connectivity index (χ0v) is 12.9. The van der Waals surface area contributed by atoms with Gasteiger partial charge in [-0.05, 0) is 24.7 Å². The highest BCUT2D eigenvalue weighted by Crippen LogP contribution is 2.28. The average molecular weight is 290 g/mol. The van der Waals surface area contributed by atoms with E-state index in [0.717, 1.165) is 56.3 Å². The van der Waals surface area contributed by atoms with Crippen molar-refractivity contribution in [1.29, 1.82) is 0 Å². The molecule has 1 saturated carbocycles. The molecule has 3 rings (SSSR count). The van der Waals surface area contributed by atoms with E-state index in [-0.39, 0.29) is 0 Å². The van der Waals surface area contributed by atoms with Gasteiger partial charge in [0.05, 0.1) is 13.2 Å². The van der Waals surface area contributed by atoms with E-state index in [1.54, 1.807) is 6.33 Å². The highest BCUT2D eigenvalue weighted by Gasteiger charge is 2.19. The zero-order valence-electron chi connectivity index (χ0n) is 12.9. The standard InChI is InChI=1S/C16H26N4O/c1-13-3-2-4-14(9-13)11-17-15-10-16(19-12-18-15)20-5-7-21-8-6-20/h10,12-14H,2-9,11H2,1H3,(H,17,18,19). The second-order valence-electron chi connectivity index (χ2n) is 6.38. The van der Waals surface area contributed by atoms with Crippen LogP contribution in [0.15, 0.2) is 12.4 Å². The Hall–Kier alpha value is -1.36. The van der Waals surface area contributed by atoms with E-state index in [9.17, 15) is 0 Å². The maximum Gasteiger partial charge on any atom is 0.134 e. The smallest absolute Gasteiger partial charge is 0.134 e. The van der Waals surface area contributed by atoms with Crippen molar-refractivity contribution in [3.8, 4) is 0 Å². The number of nitrogens with zero attached hydrogens (tertiary/aromatic N) is 3. The maximum atomic E-state index is 5.39. The van der Waals surface area contributed by atoms with Crippen LogP contribution in [-0.4, -0.2) is 42.8 Å². The summed E-state index contributed by atoms with van der Waals surface area (Å²) in [5.74, 6) is 3.62. The summed E-state index contributed by atoms with van der Waals surface area (Å²) in [6.07, 6.45) is 7.12. The Bertz CT molecular complexity index is 448. The molecule has 0 bridgehead atoms. The Morgan fingerprint density at radius 1 is 1.29 bits per heavy atom. The lowest BCUT2D eigenvalue weighted by atomic mass is 9.82. The molecule has 2 fully saturated rings. The average Bonchev–Trinajstić information content (AvgIpc) is 2.54. The number of nitrogens with one attached hydrogen (secondary N) is 1. The number of rotatable bonds is 4. The number of hydrogen-bond donors (Lipinski definition) is 1. The summed E-state index contributed by atoms with van der Waals surface area (Å²) in [4.78, 5) is 11.0. The van der Waals surface area contributed by atoms with Crippen molar-refractivity contribution in [2.24, 2.45) is 11.8 Å². The molecule has 2 aliphatic rings. The van der Waals surface area contributed by atoms with Gasteiger partial charge in [0.25, 0.3) is 0 Å². The molecule has 2 unspecified atom stereocenters. The van der Waals surface area contributed by atoms with E-state index in [1.807, 2.05) is 0 Å². The van der Waals surface area contributed by atoms with Gasteiger partial charge in [0.15, 0.2) is 0 Å². The molecule has 1 aromatic rings. The number of morpholine rings is 1. The zero-order chi connectivity index (χ0) is 14.5. The molecule has 116 valence electrons. The van der Waals surface area contributed by atoms with E-state index in [1.165, 1.54) is 25.7 Å². The Morgan fingerprint density at radius 3 is 2.95 bits per heavy atom. The van der Waals surface area contributed by atoms with Gasteiger partial charge in [-0.15, -0.1) is 0 Å². The Kier molecular flexibility index (Phi) is 4.91. The van der Waals surface area contributed by atoms with E-state index in [4.69, 9.17) is 4.74 Å². The molecule has 1 aliphatic heterocycles. The van der Waals surface area contributed by atoms with Gasteiger partial charge < -0.3 is 15.0 Å². The van der Waals surface area contributed by atoms with Crippen molar-refractivity contribution < 1.29 is 4.74 Å². The molecule has 1 saturated heterocycles. The fraction of sp³-hybridized carbons (Fsp3) is 0.750. The van der Waals surface area contributed by atoms with Crippen LogP contribution in [0.5, 0.6) is 0 Å². The van der Waals surface area contributed by atoms with Crippen molar-refractivity contribution in [2.75, 3.05) is 43.1 Å². The van der Waals surface area contributed by atoms with E-state index in [2.05, 4.69) is 33.2 Å². The van der Waals surface area contributed by atoms with Crippen molar-refractivity contribution >= 4 is 11.6 Å². The summed E-state index contributed by atoms with van der Waals surface area (Å²) in [5, 5.41) is 3.51. The van der Waals surface area contributed by atoms with Gasteiger partial charge in [-0.25, -0.2) is 9.97 Å². The van der Waals surface area contributed by atoms with Gasteiger partial charge in [0.2, 0.25) is 0 Å². The predicted octanol–water partition coefficient (Wildman–Crippen LogP) is 2.55. The Morgan fingerprint density at radius 2 is 2.14 bits per heavy atom. The number of hydrogen-bond acceptors (Lipinski definition) is 5. The molecule has 1 N–H and O–H groups in total. The van der Waals surface area contributed by atoms with Gasteiger partial charge in [0, 0.05) is 25.7 Å². The summed E-state index contributed by atoms with van der Waals surface area (Å²) >= 11 is 0. The third kappa shape index (κ3) is 4.06. The fourth-order valence-corrected chi connectivity index (χ4v) is 3.40. The Labute approximate surface area is 127 Å². The van der Waals surface area contributed by atoms with Gasteiger partial charge in [-0.1, -0.05) is 19.8 Å². The van der Waals surface area contributed by atoms with Crippen LogP contribution in [0.4, 0.5) is 11.6 Å². The van der Waals surface area contributed by atoms with Crippen molar-refractivity contribution in [2.45, 2.75) is 32.6 Å². The van der Waals surface area contributed by atoms with Crippen molar-refractivity contribution in [1.82, 2.24) is 9.97 Å². The first-order valence-electron chi connectivity index (χ1n) is 8.20. The molecule has 2 atom stereocenters. The second-order valence-corrected chi connectivity index (χ2v) is 6.38. The first-order valence-corrected chi connectivity index (χ1v) is 8.20. The molecule has 21 heavy (non-hydrogen) atoms. The van der Waals surface area contributed by atoms with E-state index in [0.29, 0.717) is 0 Å². The molecule has 5 nitrogen and oxygen atoms in total. The van der Waals surface area contributed by atoms with Gasteiger partial charge in [-0.3, -0.25) is 0 Å². The van der Waals surface area contributed by atoms with Crippen LogP contribution in [0.1, 0.15) is 32.6 Å². The summed E-state index contributed by atoms with van der Waals surface area (Å²) in [5.41, 5.74) is 0. The van der Waals surface area contributed by atoms with Gasteiger partial charge in [0.1, 0.15) is 18.0 Å².